The van der Waals surface area contributed by atoms with E-state index in [-0.39, 0.29) is 22.9 Å². The maximum Gasteiger partial charge on any atom is 0.312 e. The van der Waals surface area contributed by atoms with Crippen LogP contribution in [0.4, 0.5) is 0 Å². The highest BCUT2D eigenvalue weighted by Gasteiger charge is 2.49. The molecule has 1 fully saturated rings. The fourth-order valence-electron chi connectivity index (χ4n) is 3.52. The number of carbonyl (C=O) groups excluding carboxylic acids is 1. The largest absolute Gasteiger partial charge is 0.461 e. The second kappa shape index (κ2) is 6.90. The number of esters is 1. The van der Waals surface area contributed by atoms with E-state index in [9.17, 15) is 4.79 Å². The van der Waals surface area contributed by atoms with Crippen molar-refractivity contribution in [2.24, 2.45) is 16.2 Å². The number of hydrogen-bond acceptors (Lipinski definition) is 2. The van der Waals surface area contributed by atoms with Crippen LogP contribution in [0.3, 0.4) is 0 Å². The van der Waals surface area contributed by atoms with Crippen LogP contribution in [0.15, 0.2) is 0 Å². The van der Waals surface area contributed by atoms with Crippen molar-refractivity contribution < 1.29 is 14.4 Å². The molecule has 1 unspecified atom stereocenters. The lowest BCUT2D eigenvalue weighted by Crippen LogP contribution is -3.10. The zero-order chi connectivity index (χ0) is 17.2. The number of carbonyl (C=O) groups is 1. The molecule has 0 radical (unpaired) electrons. The third-order valence-electron chi connectivity index (χ3n) is 5.77. The predicted molar refractivity (Wildman–Crippen MR) is 92.0 cm³/mol. The summed E-state index contributed by atoms with van der Waals surface area (Å²) in [4.78, 5) is 14.6. The van der Waals surface area contributed by atoms with Crippen molar-refractivity contribution in [1.29, 1.82) is 0 Å². The normalized spacial score (nSPS) is 26.4. The van der Waals surface area contributed by atoms with Gasteiger partial charge in [-0.15, -0.1) is 0 Å². The van der Waals surface area contributed by atoms with Crippen LogP contribution in [0, 0.1) is 16.2 Å². The molecule has 1 saturated heterocycles. The van der Waals surface area contributed by atoms with Gasteiger partial charge < -0.3 is 9.64 Å². The van der Waals surface area contributed by atoms with Crippen LogP contribution in [-0.2, 0) is 9.53 Å². The van der Waals surface area contributed by atoms with Crippen molar-refractivity contribution in [3.05, 3.63) is 0 Å². The monoisotopic (exact) mass is 312 g/mol. The highest BCUT2D eigenvalue weighted by molar-refractivity contribution is 5.77. The summed E-state index contributed by atoms with van der Waals surface area (Å²) in [7, 11) is 2.21. The Bertz CT molecular complexity index is 375. The zero-order valence-electron chi connectivity index (χ0n) is 16.1. The first-order valence-electron chi connectivity index (χ1n) is 8.94. The molecule has 0 aromatic rings. The van der Waals surface area contributed by atoms with Gasteiger partial charge in [0.05, 0.1) is 25.6 Å². The molecule has 0 aromatic heterocycles. The van der Waals surface area contributed by atoms with Crippen LogP contribution >= 0.6 is 0 Å². The summed E-state index contributed by atoms with van der Waals surface area (Å²) < 4.78 is 5.99. The summed E-state index contributed by atoms with van der Waals surface area (Å²) in [5, 5.41) is 0. The topological polar surface area (TPSA) is 30.7 Å². The van der Waals surface area contributed by atoms with E-state index in [1.165, 1.54) is 0 Å². The molecule has 130 valence electrons. The Morgan fingerprint density at radius 1 is 1.09 bits per heavy atom. The Kier molecular flexibility index (Phi) is 6.11. The standard InChI is InChI=1S/C19H37NO2/c1-9-18(5,6)19(7,14-17(2,3)4)16(21)22-15-10-12-20(8)13-11-15/h15H,9-14H2,1-8H3/p+1. The van der Waals surface area contributed by atoms with Gasteiger partial charge in [-0.1, -0.05) is 41.5 Å². The third kappa shape index (κ3) is 4.71. The molecule has 0 spiro atoms. The number of rotatable bonds is 5. The number of piperidine rings is 1. The minimum atomic E-state index is -0.434. The molecular formula is C19H38NO2+. The van der Waals surface area contributed by atoms with Gasteiger partial charge in [0.15, 0.2) is 0 Å². The van der Waals surface area contributed by atoms with Gasteiger partial charge in [-0.25, -0.2) is 0 Å². The third-order valence-corrected chi connectivity index (χ3v) is 5.77. The Hall–Kier alpha value is -0.570. The average molecular weight is 313 g/mol. The second-order valence-electron chi connectivity index (χ2n) is 9.37. The summed E-state index contributed by atoms with van der Waals surface area (Å²) >= 11 is 0. The summed E-state index contributed by atoms with van der Waals surface area (Å²) in [5.41, 5.74) is -0.387. The lowest BCUT2D eigenvalue weighted by atomic mass is 9.59. The van der Waals surface area contributed by atoms with Crippen LogP contribution in [0.2, 0.25) is 0 Å². The van der Waals surface area contributed by atoms with Crippen molar-refractivity contribution in [3.63, 3.8) is 0 Å². The van der Waals surface area contributed by atoms with E-state index in [2.05, 4.69) is 55.5 Å². The number of ether oxygens (including phenoxy) is 1. The van der Waals surface area contributed by atoms with Crippen LogP contribution in [0.1, 0.15) is 74.1 Å². The van der Waals surface area contributed by atoms with E-state index in [1.807, 2.05) is 0 Å². The fourth-order valence-corrected chi connectivity index (χ4v) is 3.52. The van der Waals surface area contributed by atoms with Gasteiger partial charge in [0.1, 0.15) is 6.10 Å². The number of likely N-dealkylation sites (tertiary alicyclic amines) is 1. The van der Waals surface area contributed by atoms with Crippen molar-refractivity contribution in [2.45, 2.75) is 80.3 Å². The number of quaternary nitrogens is 1. The smallest absolute Gasteiger partial charge is 0.312 e. The number of nitrogens with one attached hydrogen (secondary N) is 1. The van der Waals surface area contributed by atoms with Gasteiger partial charge in [-0.05, 0) is 30.6 Å². The molecule has 3 heteroatoms. The molecule has 22 heavy (non-hydrogen) atoms. The van der Waals surface area contributed by atoms with E-state index >= 15 is 0 Å². The first-order chi connectivity index (χ1) is 9.91. The molecule has 0 amide bonds. The van der Waals surface area contributed by atoms with Gasteiger partial charge >= 0.3 is 5.97 Å². The van der Waals surface area contributed by atoms with Crippen molar-refractivity contribution in [1.82, 2.24) is 0 Å². The second-order valence-corrected chi connectivity index (χ2v) is 9.37. The molecule has 0 aliphatic carbocycles. The Labute approximate surface area is 137 Å². The van der Waals surface area contributed by atoms with E-state index in [4.69, 9.17) is 4.74 Å². The summed E-state index contributed by atoms with van der Waals surface area (Å²) in [6, 6.07) is 0. The summed E-state index contributed by atoms with van der Waals surface area (Å²) in [6.07, 6.45) is 3.94. The Balaban J connectivity index is 2.89. The van der Waals surface area contributed by atoms with Crippen LogP contribution in [0.25, 0.3) is 0 Å². The summed E-state index contributed by atoms with van der Waals surface area (Å²) in [6.45, 7) is 17.5. The molecule has 1 atom stereocenters. The fraction of sp³-hybridized carbons (Fsp3) is 0.947. The maximum atomic E-state index is 13.1. The zero-order valence-corrected chi connectivity index (χ0v) is 16.1. The SMILES string of the molecule is CCC(C)(C)C(C)(CC(C)(C)C)C(=O)OC1CC[NH+](C)CC1. The van der Waals surface area contributed by atoms with Crippen molar-refractivity contribution >= 4 is 5.97 Å². The molecule has 1 heterocycles. The van der Waals surface area contributed by atoms with E-state index in [1.54, 1.807) is 4.90 Å². The minimum Gasteiger partial charge on any atom is -0.461 e. The van der Waals surface area contributed by atoms with Gasteiger partial charge in [-0.2, -0.15) is 0 Å². The van der Waals surface area contributed by atoms with Gasteiger partial charge in [0.2, 0.25) is 0 Å². The van der Waals surface area contributed by atoms with Gasteiger partial charge in [-0.3, -0.25) is 4.79 Å². The molecule has 0 saturated carbocycles. The Morgan fingerprint density at radius 3 is 2.00 bits per heavy atom. The molecule has 0 bridgehead atoms. The highest BCUT2D eigenvalue weighted by atomic mass is 16.5. The first-order valence-corrected chi connectivity index (χ1v) is 8.94. The minimum absolute atomic E-state index is 0.0128. The lowest BCUT2D eigenvalue weighted by Gasteiger charge is -2.45. The van der Waals surface area contributed by atoms with E-state index < -0.39 is 5.41 Å². The molecule has 3 nitrogen and oxygen atoms in total. The molecule has 1 aliphatic heterocycles. The quantitative estimate of drug-likeness (QED) is 0.791. The maximum absolute atomic E-state index is 13.1. The van der Waals surface area contributed by atoms with Crippen molar-refractivity contribution in [2.75, 3.05) is 20.1 Å². The predicted octanol–water partition coefficient (Wildman–Crippen LogP) is 3.09. The van der Waals surface area contributed by atoms with Crippen LogP contribution in [0.5, 0.6) is 0 Å². The van der Waals surface area contributed by atoms with Crippen LogP contribution in [-0.4, -0.2) is 32.2 Å². The molecule has 1 rings (SSSR count). The Morgan fingerprint density at radius 2 is 1.59 bits per heavy atom. The first kappa shape index (κ1) is 19.5. The van der Waals surface area contributed by atoms with Gasteiger partial charge in [0.25, 0.3) is 0 Å². The van der Waals surface area contributed by atoms with E-state index in [0.29, 0.717) is 0 Å². The van der Waals surface area contributed by atoms with Crippen LogP contribution < -0.4 is 4.90 Å². The molecule has 1 aliphatic rings. The lowest BCUT2D eigenvalue weighted by molar-refractivity contribution is -0.885. The summed E-state index contributed by atoms with van der Waals surface area (Å²) in [5.74, 6) is 0.0128. The van der Waals surface area contributed by atoms with E-state index in [0.717, 1.165) is 38.8 Å². The molecule has 0 aromatic carbocycles. The molecular weight excluding hydrogens is 274 g/mol. The number of hydrogen-bond donors (Lipinski definition) is 1. The average Bonchev–Trinajstić information content (AvgIpc) is 2.39. The van der Waals surface area contributed by atoms with Gasteiger partial charge in [0, 0.05) is 12.8 Å². The van der Waals surface area contributed by atoms with Crippen molar-refractivity contribution in [3.8, 4) is 0 Å². The highest BCUT2D eigenvalue weighted by Crippen LogP contribution is 2.49. The molecule has 1 N–H and O–H groups in total.